The van der Waals surface area contributed by atoms with Gasteiger partial charge in [-0.2, -0.15) is 11.8 Å². The third-order valence-corrected chi connectivity index (χ3v) is 2.34. The Kier molecular flexibility index (Phi) is 8.37. The SMILES string of the molecule is COCCCSCCC(N)=NO. The third-order valence-electron chi connectivity index (χ3n) is 1.27. The quantitative estimate of drug-likeness (QED) is 0.207. The summed E-state index contributed by atoms with van der Waals surface area (Å²) in [6.07, 6.45) is 1.70. The summed E-state index contributed by atoms with van der Waals surface area (Å²) in [6, 6.07) is 0. The number of nitrogens with zero attached hydrogens (tertiary/aromatic N) is 1. The van der Waals surface area contributed by atoms with Gasteiger partial charge >= 0.3 is 0 Å². The number of amidine groups is 1. The molecule has 0 atom stereocenters. The van der Waals surface area contributed by atoms with Crippen molar-refractivity contribution in [3.63, 3.8) is 0 Å². The van der Waals surface area contributed by atoms with Crippen LogP contribution in [-0.4, -0.2) is 36.3 Å². The van der Waals surface area contributed by atoms with Crippen LogP contribution in [0.1, 0.15) is 12.8 Å². The molecule has 0 aromatic carbocycles. The number of hydrogen-bond donors (Lipinski definition) is 2. The van der Waals surface area contributed by atoms with Crippen molar-refractivity contribution in [2.24, 2.45) is 10.9 Å². The van der Waals surface area contributed by atoms with Crippen molar-refractivity contribution in [2.75, 3.05) is 25.2 Å². The van der Waals surface area contributed by atoms with Crippen LogP contribution in [0, 0.1) is 0 Å². The first-order valence-electron chi connectivity index (χ1n) is 3.84. The highest BCUT2D eigenvalue weighted by atomic mass is 32.2. The number of ether oxygens (including phenoxy) is 1. The topological polar surface area (TPSA) is 67.8 Å². The number of oxime groups is 1. The number of nitrogens with two attached hydrogens (primary N) is 1. The van der Waals surface area contributed by atoms with Gasteiger partial charge in [-0.1, -0.05) is 5.16 Å². The summed E-state index contributed by atoms with van der Waals surface area (Å²) in [4.78, 5) is 0. The predicted octanol–water partition coefficient (Wildman–Crippen LogP) is 0.893. The Labute approximate surface area is 77.1 Å². The Morgan fingerprint density at radius 1 is 1.58 bits per heavy atom. The maximum Gasteiger partial charge on any atom is 0.139 e. The van der Waals surface area contributed by atoms with Crippen molar-refractivity contribution in [3.8, 4) is 0 Å². The largest absolute Gasteiger partial charge is 0.409 e. The molecular weight excluding hydrogens is 176 g/mol. The van der Waals surface area contributed by atoms with E-state index in [0.29, 0.717) is 12.3 Å². The summed E-state index contributed by atoms with van der Waals surface area (Å²) in [5.41, 5.74) is 5.28. The minimum atomic E-state index is 0.300. The Morgan fingerprint density at radius 3 is 2.92 bits per heavy atom. The first-order chi connectivity index (χ1) is 5.81. The van der Waals surface area contributed by atoms with E-state index in [1.54, 1.807) is 18.9 Å². The lowest BCUT2D eigenvalue weighted by Crippen LogP contribution is -2.12. The van der Waals surface area contributed by atoms with Crippen LogP contribution in [0.3, 0.4) is 0 Å². The summed E-state index contributed by atoms with van der Waals surface area (Å²) in [5.74, 6) is 2.26. The highest BCUT2D eigenvalue weighted by Gasteiger charge is 1.93. The molecular formula is C7H16N2O2S. The van der Waals surface area contributed by atoms with E-state index in [2.05, 4.69) is 5.16 Å². The maximum atomic E-state index is 8.21. The molecule has 0 aliphatic rings. The molecule has 12 heavy (non-hydrogen) atoms. The van der Waals surface area contributed by atoms with Gasteiger partial charge in [0.25, 0.3) is 0 Å². The second-order valence-electron chi connectivity index (χ2n) is 2.30. The van der Waals surface area contributed by atoms with E-state index in [-0.39, 0.29) is 0 Å². The average Bonchev–Trinajstić information content (AvgIpc) is 2.10. The fourth-order valence-electron chi connectivity index (χ4n) is 0.634. The second-order valence-corrected chi connectivity index (χ2v) is 3.52. The lowest BCUT2D eigenvalue weighted by Gasteiger charge is -1.99. The van der Waals surface area contributed by atoms with Gasteiger partial charge in [0.15, 0.2) is 0 Å². The molecule has 72 valence electrons. The lowest BCUT2D eigenvalue weighted by atomic mass is 10.5. The van der Waals surface area contributed by atoms with Gasteiger partial charge < -0.3 is 15.7 Å². The molecule has 0 bridgehead atoms. The van der Waals surface area contributed by atoms with Gasteiger partial charge in [-0.25, -0.2) is 0 Å². The van der Waals surface area contributed by atoms with Crippen molar-refractivity contribution in [1.82, 2.24) is 0 Å². The molecule has 0 aromatic heterocycles. The van der Waals surface area contributed by atoms with E-state index in [0.717, 1.165) is 24.5 Å². The molecule has 4 nitrogen and oxygen atoms in total. The van der Waals surface area contributed by atoms with E-state index < -0.39 is 0 Å². The molecule has 0 aliphatic carbocycles. The van der Waals surface area contributed by atoms with E-state index in [9.17, 15) is 0 Å². The van der Waals surface area contributed by atoms with Crippen LogP contribution in [0.25, 0.3) is 0 Å². The third kappa shape index (κ3) is 7.68. The zero-order valence-electron chi connectivity index (χ0n) is 7.32. The molecule has 0 aromatic rings. The predicted molar refractivity (Wildman–Crippen MR) is 51.8 cm³/mol. The molecule has 0 rings (SSSR count). The first kappa shape index (κ1) is 11.6. The molecule has 0 heterocycles. The first-order valence-corrected chi connectivity index (χ1v) is 4.99. The van der Waals surface area contributed by atoms with Crippen molar-refractivity contribution >= 4 is 17.6 Å². The van der Waals surface area contributed by atoms with Crippen molar-refractivity contribution in [1.29, 1.82) is 0 Å². The van der Waals surface area contributed by atoms with Gasteiger partial charge in [0.2, 0.25) is 0 Å². The highest BCUT2D eigenvalue weighted by Crippen LogP contribution is 2.04. The minimum Gasteiger partial charge on any atom is -0.409 e. The summed E-state index contributed by atoms with van der Waals surface area (Å²) in [5, 5.41) is 11.1. The van der Waals surface area contributed by atoms with Crippen molar-refractivity contribution in [2.45, 2.75) is 12.8 Å². The molecule has 0 saturated heterocycles. The smallest absolute Gasteiger partial charge is 0.139 e. The molecule has 0 aliphatic heterocycles. The van der Waals surface area contributed by atoms with Crippen LogP contribution >= 0.6 is 11.8 Å². The molecule has 0 radical (unpaired) electrons. The van der Waals surface area contributed by atoms with Gasteiger partial charge in [0.05, 0.1) is 0 Å². The summed E-state index contributed by atoms with van der Waals surface area (Å²) < 4.78 is 4.89. The Morgan fingerprint density at radius 2 is 2.33 bits per heavy atom. The molecule has 0 fully saturated rings. The van der Waals surface area contributed by atoms with Crippen LogP contribution in [0.2, 0.25) is 0 Å². The van der Waals surface area contributed by atoms with E-state index in [4.69, 9.17) is 15.7 Å². The normalized spacial score (nSPS) is 11.9. The Balaban J connectivity index is 3.00. The zero-order chi connectivity index (χ0) is 9.23. The summed E-state index contributed by atoms with van der Waals surface area (Å²) in [6.45, 7) is 0.802. The lowest BCUT2D eigenvalue weighted by molar-refractivity contribution is 0.200. The fraction of sp³-hybridized carbons (Fsp3) is 0.857. The maximum absolute atomic E-state index is 8.21. The van der Waals surface area contributed by atoms with E-state index in [1.807, 2.05) is 0 Å². The standard InChI is InChI=1S/C7H16N2O2S/c1-11-4-2-5-12-6-3-7(8)9-10/h10H,2-6H2,1H3,(H2,8,9). The summed E-state index contributed by atoms with van der Waals surface area (Å²) in [7, 11) is 1.70. The van der Waals surface area contributed by atoms with Gasteiger partial charge in [0, 0.05) is 25.9 Å². The number of hydrogen-bond acceptors (Lipinski definition) is 4. The highest BCUT2D eigenvalue weighted by molar-refractivity contribution is 7.99. The van der Waals surface area contributed by atoms with Crippen molar-refractivity contribution in [3.05, 3.63) is 0 Å². The summed E-state index contributed by atoms with van der Waals surface area (Å²) >= 11 is 1.78. The monoisotopic (exact) mass is 192 g/mol. The molecule has 0 spiro atoms. The molecule has 0 unspecified atom stereocenters. The van der Waals surface area contributed by atoms with Gasteiger partial charge in [-0.15, -0.1) is 0 Å². The van der Waals surface area contributed by atoms with Crippen LogP contribution in [0.5, 0.6) is 0 Å². The van der Waals surface area contributed by atoms with Gasteiger partial charge in [-0.3, -0.25) is 0 Å². The molecule has 0 amide bonds. The van der Waals surface area contributed by atoms with Gasteiger partial charge in [-0.05, 0) is 12.2 Å². The Hall–Kier alpha value is -0.420. The number of thioether (sulfide) groups is 1. The minimum absolute atomic E-state index is 0.300. The van der Waals surface area contributed by atoms with Gasteiger partial charge in [0.1, 0.15) is 5.84 Å². The number of rotatable bonds is 7. The van der Waals surface area contributed by atoms with Crippen LogP contribution in [-0.2, 0) is 4.74 Å². The second kappa shape index (κ2) is 8.67. The molecule has 5 heteroatoms. The van der Waals surface area contributed by atoms with E-state index in [1.165, 1.54) is 0 Å². The van der Waals surface area contributed by atoms with Crippen molar-refractivity contribution < 1.29 is 9.94 Å². The molecule has 3 N–H and O–H groups in total. The van der Waals surface area contributed by atoms with Crippen LogP contribution < -0.4 is 5.73 Å². The van der Waals surface area contributed by atoms with Crippen LogP contribution in [0.4, 0.5) is 0 Å². The fourth-order valence-corrected chi connectivity index (χ4v) is 1.51. The van der Waals surface area contributed by atoms with Crippen LogP contribution in [0.15, 0.2) is 5.16 Å². The Bertz CT molecular complexity index is 131. The molecule has 0 saturated carbocycles. The average molecular weight is 192 g/mol. The number of methoxy groups -OCH3 is 1. The zero-order valence-corrected chi connectivity index (χ0v) is 8.14. The van der Waals surface area contributed by atoms with E-state index >= 15 is 0 Å².